The topological polar surface area (TPSA) is 71.6 Å². The molecular weight excluding hydrogens is 222 g/mol. The lowest BCUT2D eigenvalue weighted by molar-refractivity contribution is -0.0571. The minimum atomic E-state index is -0.101. The molecule has 1 fully saturated rings. The molecule has 1 aliphatic heterocycles. The molecule has 0 aliphatic carbocycles. The van der Waals surface area contributed by atoms with E-state index in [9.17, 15) is 0 Å². The first kappa shape index (κ1) is 12.5. The quantitative estimate of drug-likeness (QED) is 0.822. The lowest BCUT2D eigenvalue weighted by Crippen LogP contribution is -2.43. The molecule has 6 nitrogen and oxygen atoms in total. The van der Waals surface area contributed by atoms with Gasteiger partial charge in [0.2, 0.25) is 5.89 Å². The van der Waals surface area contributed by atoms with Gasteiger partial charge in [-0.1, -0.05) is 19.0 Å². The van der Waals surface area contributed by atoms with Crippen LogP contribution in [0.15, 0.2) is 4.52 Å². The van der Waals surface area contributed by atoms with Crippen molar-refractivity contribution in [1.29, 1.82) is 0 Å². The first-order chi connectivity index (χ1) is 8.19. The SMILES string of the molecule is CC(C)c1noc(CN2CCOC(CO)C2)n1. The number of morpholine rings is 1. The van der Waals surface area contributed by atoms with Gasteiger partial charge in [0, 0.05) is 19.0 Å². The monoisotopic (exact) mass is 241 g/mol. The molecular formula is C11H19N3O3. The van der Waals surface area contributed by atoms with Crippen LogP contribution < -0.4 is 0 Å². The number of nitrogens with zero attached hydrogens (tertiary/aromatic N) is 3. The molecule has 1 aliphatic rings. The van der Waals surface area contributed by atoms with Crippen LogP contribution in [0.1, 0.15) is 31.5 Å². The summed E-state index contributed by atoms with van der Waals surface area (Å²) in [7, 11) is 0. The van der Waals surface area contributed by atoms with Gasteiger partial charge in [0.15, 0.2) is 5.82 Å². The van der Waals surface area contributed by atoms with Crippen molar-refractivity contribution >= 4 is 0 Å². The Morgan fingerprint density at radius 3 is 3.00 bits per heavy atom. The summed E-state index contributed by atoms with van der Waals surface area (Å²) in [6, 6.07) is 0. The summed E-state index contributed by atoms with van der Waals surface area (Å²) in [4.78, 5) is 6.49. The average molecular weight is 241 g/mol. The number of ether oxygens (including phenoxy) is 1. The Hall–Kier alpha value is -0.980. The Morgan fingerprint density at radius 2 is 2.35 bits per heavy atom. The van der Waals surface area contributed by atoms with Gasteiger partial charge >= 0.3 is 0 Å². The summed E-state index contributed by atoms with van der Waals surface area (Å²) >= 11 is 0. The van der Waals surface area contributed by atoms with E-state index in [1.807, 2.05) is 13.8 Å². The van der Waals surface area contributed by atoms with E-state index in [-0.39, 0.29) is 18.6 Å². The molecule has 0 aromatic carbocycles. The molecule has 0 saturated carbocycles. The van der Waals surface area contributed by atoms with Crippen LogP contribution in [0.3, 0.4) is 0 Å². The molecule has 1 saturated heterocycles. The highest BCUT2D eigenvalue weighted by Crippen LogP contribution is 2.12. The van der Waals surface area contributed by atoms with Crippen molar-refractivity contribution in [3.8, 4) is 0 Å². The van der Waals surface area contributed by atoms with Crippen molar-refractivity contribution in [2.45, 2.75) is 32.4 Å². The lowest BCUT2D eigenvalue weighted by Gasteiger charge is -2.30. The smallest absolute Gasteiger partial charge is 0.240 e. The number of rotatable bonds is 4. The molecule has 1 aromatic rings. The molecule has 0 amide bonds. The molecule has 1 N–H and O–H groups in total. The third kappa shape index (κ3) is 3.24. The molecule has 6 heteroatoms. The van der Waals surface area contributed by atoms with Gasteiger partial charge in [0.1, 0.15) is 0 Å². The van der Waals surface area contributed by atoms with Gasteiger partial charge in [0.05, 0.1) is 25.9 Å². The molecule has 2 rings (SSSR count). The highest BCUT2D eigenvalue weighted by molar-refractivity contribution is 4.92. The third-order valence-corrected chi connectivity index (χ3v) is 2.79. The minimum absolute atomic E-state index is 0.0532. The normalized spacial score (nSPS) is 22.2. The van der Waals surface area contributed by atoms with E-state index in [4.69, 9.17) is 14.4 Å². The molecule has 2 heterocycles. The number of aliphatic hydroxyl groups excluding tert-OH is 1. The van der Waals surface area contributed by atoms with Gasteiger partial charge in [-0.2, -0.15) is 4.98 Å². The number of hydrogen-bond acceptors (Lipinski definition) is 6. The summed E-state index contributed by atoms with van der Waals surface area (Å²) in [5, 5.41) is 13.0. The van der Waals surface area contributed by atoms with Crippen LogP contribution in [0.5, 0.6) is 0 Å². The molecule has 1 aromatic heterocycles. The molecule has 96 valence electrons. The van der Waals surface area contributed by atoms with E-state index in [0.29, 0.717) is 25.6 Å². The second-order valence-electron chi connectivity index (χ2n) is 4.61. The van der Waals surface area contributed by atoms with Gasteiger partial charge in [-0.05, 0) is 0 Å². The van der Waals surface area contributed by atoms with E-state index in [1.54, 1.807) is 0 Å². The Balaban J connectivity index is 1.91. The van der Waals surface area contributed by atoms with Gasteiger partial charge in [0.25, 0.3) is 0 Å². The van der Waals surface area contributed by atoms with Gasteiger partial charge < -0.3 is 14.4 Å². The van der Waals surface area contributed by atoms with Crippen molar-refractivity contribution < 1.29 is 14.4 Å². The average Bonchev–Trinajstić information content (AvgIpc) is 2.78. The van der Waals surface area contributed by atoms with E-state index in [2.05, 4.69) is 15.0 Å². The first-order valence-electron chi connectivity index (χ1n) is 5.96. The highest BCUT2D eigenvalue weighted by atomic mass is 16.5. The summed E-state index contributed by atoms with van der Waals surface area (Å²) in [5.74, 6) is 1.65. The third-order valence-electron chi connectivity index (χ3n) is 2.79. The zero-order valence-electron chi connectivity index (χ0n) is 10.3. The number of aromatic nitrogens is 2. The largest absolute Gasteiger partial charge is 0.394 e. The predicted octanol–water partition coefficient (Wildman–Crippen LogP) is 0.386. The second kappa shape index (κ2) is 5.57. The summed E-state index contributed by atoms with van der Waals surface area (Å²) in [6.07, 6.45) is -0.101. The number of aliphatic hydroxyl groups is 1. The lowest BCUT2D eigenvalue weighted by atomic mass is 10.2. The Labute approximate surface area is 101 Å². The fourth-order valence-electron chi connectivity index (χ4n) is 1.79. The maximum Gasteiger partial charge on any atom is 0.240 e. The molecule has 0 radical (unpaired) electrons. The highest BCUT2D eigenvalue weighted by Gasteiger charge is 2.21. The van der Waals surface area contributed by atoms with Crippen LogP contribution >= 0.6 is 0 Å². The summed E-state index contributed by atoms with van der Waals surface area (Å²) < 4.78 is 10.6. The van der Waals surface area contributed by atoms with E-state index >= 15 is 0 Å². The maximum absolute atomic E-state index is 9.05. The van der Waals surface area contributed by atoms with Crippen molar-refractivity contribution in [2.24, 2.45) is 0 Å². The maximum atomic E-state index is 9.05. The van der Waals surface area contributed by atoms with Crippen molar-refractivity contribution in [3.05, 3.63) is 11.7 Å². The first-order valence-corrected chi connectivity index (χ1v) is 5.96. The zero-order chi connectivity index (χ0) is 12.3. The molecule has 0 bridgehead atoms. The fraction of sp³-hybridized carbons (Fsp3) is 0.818. The van der Waals surface area contributed by atoms with Crippen LogP contribution in [0.4, 0.5) is 0 Å². The van der Waals surface area contributed by atoms with Crippen molar-refractivity contribution in [3.63, 3.8) is 0 Å². The number of hydrogen-bond donors (Lipinski definition) is 1. The van der Waals surface area contributed by atoms with Crippen LogP contribution in [-0.4, -0.2) is 52.6 Å². The Bertz CT molecular complexity index is 353. The van der Waals surface area contributed by atoms with Crippen LogP contribution in [-0.2, 0) is 11.3 Å². The second-order valence-corrected chi connectivity index (χ2v) is 4.61. The fourth-order valence-corrected chi connectivity index (χ4v) is 1.79. The summed E-state index contributed by atoms with van der Waals surface area (Å²) in [5.41, 5.74) is 0. The molecule has 1 atom stereocenters. The predicted molar refractivity (Wildman–Crippen MR) is 60.5 cm³/mol. The van der Waals surface area contributed by atoms with Crippen LogP contribution in [0.25, 0.3) is 0 Å². The van der Waals surface area contributed by atoms with E-state index in [1.165, 1.54) is 0 Å². The Kier molecular flexibility index (Phi) is 4.09. The van der Waals surface area contributed by atoms with Crippen LogP contribution in [0, 0.1) is 0 Å². The van der Waals surface area contributed by atoms with Crippen molar-refractivity contribution in [2.75, 3.05) is 26.3 Å². The van der Waals surface area contributed by atoms with Gasteiger partial charge in [-0.3, -0.25) is 4.90 Å². The van der Waals surface area contributed by atoms with E-state index < -0.39 is 0 Å². The van der Waals surface area contributed by atoms with Gasteiger partial charge in [-0.25, -0.2) is 0 Å². The zero-order valence-corrected chi connectivity index (χ0v) is 10.3. The van der Waals surface area contributed by atoms with E-state index in [0.717, 1.165) is 12.4 Å². The Morgan fingerprint density at radius 1 is 1.53 bits per heavy atom. The van der Waals surface area contributed by atoms with Crippen molar-refractivity contribution in [1.82, 2.24) is 15.0 Å². The summed E-state index contributed by atoms with van der Waals surface area (Å²) in [6.45, 7) is 6.91. The minimum Gasteiger partial charge on any atom is -0.394 e. The van der Waals surface area contributed by atoms with Crippen LogP contribution in [0.2, 0.25) is 0 Å². The molecule has 1 unspecified atom stereocenters. The van der Waals surface area contributed by atoms with Gasteiger partial charge in [-0.15, -0.1) is 0 Å². The standard InChI is InChI=1S/C11H19N3O3/c1-8(2)11-12-10(17-13-11)6-14-3-4-16-9(5-14)7-15/h8-9,15H,3-7H2,1-2H3. The molecule has 0 spiro atoms. The molecule has 17 heavy (non-hydrogen) atoms.